The number of benzene rings is 2. The van der Waals surface area contributed by atoms with Gasteiger partial charge in [-0.05, 0) is 29.8 Å². The lowest BCUT2D eigenvalue weighted by Gasteiger charge is -2.24. The van der Waals surface area contributed by atoms with Gasteiger partial charge in [-0.25, -0.2) is 4.79 Å². The fourth-order valence-corrected chi connectivity index (χ4v) is 3.09. The number of ether oxygens (including phenoxy) is 2. The first-order valence-electron chi connectivity index (χ1n) is 8.97. The lowest BCUT2D eigenvalue weighted by Crippen LogP contribution is -2.47. The zero-order valence-corrected chi connectivity index (χ0v) is 16.0. The number of rotatable bonds is 7. The standard InChI is InChI=1S/C21H18N2O7/c1-12(24)30-14-8-6-13(7-9-14)10-17(21(28)29-11-18(22)25)23-19(26)15-4-2-3-5-16(15)20(23)27/h2-9,17H,10-11H2,1H3,(H2,22,25)/t17-/m0/s1. The SMILES string of the molecule is CC(=O)Oc1ccc(C[C@@H](C(=O)OCC(N)=O)N2C(=O)c3ccccc3C2=O)cc1. The highest BCUT2D eigenvalue weighted by Crippen LogP contribution is 2.27. The summed E-state index contributed by atoms with van der Waals surface area (Å²) in [6.45, 7) is 0.588. The Morgan fingerprint density at radius 2 is 1.53 bits per heavy atom. The summed E-state index contributed by atoms with van der Waals surface area (Å²) in [6.07, 6.45) is -0.0661. The number of carbonyl (C=O) groups excluding carboxylic acids is 5. The molecule has 2 aromatic rings. The lowest BCUT2D eigenvalue weighted by atomic mass is 10.0. The largest absolute Gasteiger partial charge is 0.454 e. The van der Waals surface area contributed by atoms with Gasteiger partial charge in [0.25, 0.3) is 17.7 Å². The molecule has 0 spiro atoms. The predicted molar refractivity (Wildman–Crippen MR) is 102 cm³/mol. The molecular formula is C21H18N2O7. The summed E-state index contributed by atoms with van der Waals surface area (Å²) in [5.74, 6) is -3.25. The summed E-state index contributed by atoms with van der Waals surface area (Å²) < 4.78 is 9.86. The van der Waals surface area contributed by atoms with Gasteiger partial charge in [-0.15, -0.1) is 0 Å². The third-order valence-electron chi connectivity index (χ3n) is 4.38. The Labute approximate surface area is 171 Å². The Balaban J connectivity index is 1.89. The second-order valence-electron chi connectivity index (χ2n) is 6.56. The van der Waals surface area contributed by atoms with E-state index in [1.807, 2.05) is 0 Å². The molecule has 0 radical (unpaired) electrons. The molecule has 2 N–H and O–H groups in total. The zero-order chi connectivity index (χ0) is 21.8. The third-order valence-corrected chi connectivity index (χ3v) is 4.38. The monoisotopic (exact) mass is 410 g/mol. The molecule has 9 heteroatoms. The van der Waals surface area contributed by atoms with E-state index in [-0.39, 0.29) is 17.5 Å². The average molecular weight is 410 g/mol. The van der Waals surface area contributed by atoms with E-state index in [9.17, 15) is 24.0 Å². The van der Waals surface area contributed by atoms with Gasteiger partial charge in [0, 0.05) is 13.3 Å². The van der Waals surface area contributed by atoms with Gasteiger partial charge in [0.1, 0.15) is 11.8 Å². The van der Waals surface area contributed by atoms with Gasteiger partial charge in [0.2, 0.25) is 0 Å². The van der Waals surface area contributed by atoms with Crippen LogP contribution in [0.5, 0.6) is 5.75 Å². The molecule has 1 atom stereocenters. The van der Waals surface area contributed by atoms with Crippen molar-refractivity contribution < 1.29 is 33.4 Å². The van der Waals surface area contributed by atoms with E-state index in [1.165, 1.54) is 31.2 Å². The minimum atomic E-state index is -1.31. The van der Waals surface area contributed by atoms with Crippen molar-refractivity contribution in [2.45, 2.75) is 19.4 Å². The van der Waals surface area contributed by atoms with E-state index in [0.717, 1.165) is 4.90 Å². The molecule has 1 aliphatic rings. The highest BCUT2D eigenvalue weighted by Gasteiger charge is 2.43. The Hall–Kier alpha value is -4.01. The first kappa shape index (κ1) is 20.7. The second-order valence-corrected chi connectivity index (χ2v) is 6.56. The number of primary amides is 1. The number of esters is 2. The van der Waals surface area contributed by atoms with Gasteiger partial charge < -0.3 is 15.2 Å². The third kappa shape index (κ3) is 4.35. The van der Waals surface area contributed by atoms with Crippen LogP contribution in [0.1, 0.15) is 33.2 Å². The quantitative estimate of drug-likeness (QED) is 0.406. The van der Waals surface area contributed by atoms with Crippen molar-refractivity contribution in [3.63, 3.8) is 0 Å². The molecule has 3 amide bonds. The normalized spacial score (nSPS) is 13.6. The molecule has 0 unspecified atom stereocenters. The highest BCUT2D eigenvalue weighted by atomic mass is 16.5. The fourth-order valence-electron chi connectivity index (χ4n) is 3.09. The Kier molecular flexibility index (Phi) is 5.91. The topological polar surface area (TPSA) is 133 Å². The maximum Gasteiger partial charge on any atom is 0.330 e. The molecule has 0 fully saturated rings. The van der Waals surface area contributed by atoms with Gasteiger partial charge in [-0.1, -0.05) is 24.3 Å². The first-order valence-corrected chi connectivity index (χ1v) is 8.97. The van der Waals surface area contributed by atoms with Crippen LogP contribution in [0.15, 0.2) is 48.5 Å². The van der Waals surface area contributed by atoms with Gasteiger partial charge in [-0.3, -0.25) is 24.1 Å². The van der Waals surface area contributed by atoms with Crippen LogP contribution in [0.2, 0.25) is 0 Å². The maximum atomic E-state index is 12.8. The Bertz CT molecular complexity index is 995. The summed E-state index contributed by atoms with van der Waals surface area (Å²) in [5.41, 5.74) is 5.96. The number of hydrogen-bond acceptors (Lipinski definition) is 7. The van der Waals surface area contributed by atoms with Gasteiger partial charge >= 0.3 is 11.9 Å². The van der Waals surface area contributed by atoms with Crippen molar-refractivity contribution >= 4 is 29.7 Å². The molecule has 2 aromatic carbocycles. The van der Waals surface area contributed by atoms with E-state index in [1.54, 1.807) is 24.3 Å². The molecule has 0 saturated carbocycles. The minimum absolute atomic E-state index is 0.0661. The van der Waals surface area contributed by atoms with Crippen LogP contribution in [0.4, 0.5) is 0 Å². The number of nitrogens with two attached hydrogens (primary N) is 1. The van der Waals surface area contributed by atoms with E-state index in [4.69, 9.17) is 15.2 Å². The summed E-state index contributed by atoms with van der Waals surface area (Å²) in [4.78, 5) is 61.1. The molecule has 0 bridgehead atoms. The number of hydrogen-bond donors (Lipinski definition) is 1. The van der Waals surface area contributed by atoms with Crippen LogP contribution in [-0.4, -0.2) is 47.2 Å². The first-order chi connectivity index (χ1) is 14.3. The van der Waals surface area contributed by atoms with Gasteiger partial charge in [-0.2, -0.15) is 0 Å². The molecule has 0 aromatic heterocycles. The van der Waals surface area contributed by atoms with Crippen molar-refractivity contribution in [1.82, 2.24) is 4.90 Å². The zero-order valence-electron chi connectivity index (χ0n) is 16.0. The minimum Gasteiger partial charge on any atom is -0.454 e. The molecule has 1 heterocycles. The van der Waals surface area contributed by atoms with Crippen LogP contribution >= 0.6 is 0 Å². The summed E-state index contributed by atoms with van der Waals surface area (Å²) in [7, 11) is 0. The summed E-state index contributed by atoms with van der Waals surface area (Å²) >= 11 is 0. The molecule has 0 saturated heterocycles. The molecule has 154 valence electrons. The van der Waals surface area contributed by atoms with Crippen molar-refractivity contribution in [1.29, 1.82) is 0 Å². The lowest BCUT2D eigenvalue weighted by molar-refractivity contribution is -0.151. The summed E-state index contributed by atoms with van der Waals surface area (Å²) in [6, 6.07) is 11.1. The summed E-state index contributed by atoms with van der Waals surface area (Å²) in [5, 5.41) is 0. The smallest absolute Gasteiger partial charge is 0.330 e. The molecule has 9 nitrogen and oxygen atoms in total. The van der Waals surface area contributed by atoms with Crippen molar-refractivity contribution in [3.8, 4) is 5.75 Å². The fraction of sp³-hybridized carbons (Fsp3) is 0.190. The highest BCUT2D eigenvalue weighted by molar-refractivity contribution is 6.22. The number of carbonyl (C=O) groups is 5. The number of fused-ring (bicyclic) bond motifs is 1. The maximum absolute atomic E-state index is 12.8. The van der Waals surface area contributed by atoms with E-state index < -0.39 is 42.3 Å². The van der Waals surface area contributed by atoms with E-state index in [2.05, 4.69) is 0 Å². The van der Waals surface area contributed by atoms with E-state index >= 15 is 0 Å². The van der Waals surface area contributed by atoms with Crippen molar-refractivity contribution in [2.75, 3.05) is 6.61 Å². The molecule has 1 aliphatic heterocycles. The number of amides is 3. The van der Waals surface area contributed by atoms with Crippen LogP contribution in [0, 0.1) is 0 Å². The van der Waals surface area contributed by atoms with Gasteiger partial charge in [0.05, 0.1) is 11.1 Å². The van der Waals surface area contributed by atoms with Crippen molar-refractivity contribution in [3.05, 3.63) is 65.2 Å². The second kappa shape index (κ2) is 8.56. The molecule has 3 rings (SSSR count). The Morgan fingerprint density at radius 3 is 2.03 bits per heavy atom. The van der Waals surface area contributed by atoms with Gasteiger partial charge in [0.15, 0.2) is 6.61 Å². The van der Waals surface area contributed by atoms with E-state index in [0.29, 0.717) is 11.3 Å². The van der Waals surface area contributed by atoms with Crippen LogP contribution in [0.3, 0.4) is 0 Å². The molecular weight excluding hydrogens is 392 g/mol. The number of nitrogens with zero attached hydrogens (tertiary/aromatic N) is 1. The molecule has 30 heavy (non-hydrogen) atoms. The Morgan fingerprint density at radius 1 is 0.967 bits per heavy atom. The average Bonchev–Trinajstić information content (AvgIpc) is 2.96. The number of imide groups is 1. The predicted octanol–water partition coefficient (Wildman–Crippen LogP) is 0.848. The van der Waals surface area contributed by atoms with Crippen LogP contribution in [-0.2, 0) is 25.5 Å². The van der Waals surface area contributed by atoms with Crippen LogP contribution < -0.4 is 10.5 Å². The van der Waals surface area contributed by atoms with Crippen molar-refractivity contribution in [2.24, 2.45) is 5.73 Å². The molecule has 0 aliphatic carbocycles. The van der Waals surface area contributed by atoms with Crippen LogP contribution in [0.25, 0.3) is 0 Å².